The molecule has 8 heteroatoms. The number of nitrogens with one attached hydrogen (secondary N) is 3. The minimum Gasteiger partial charge on any atom is -0.487 e. The normalized spacial score (nSPS) is 17.8. The highest BCUT2D eigenvalue weighted by Crippen LogP contribution is 2.41. The molecular formula is C40H55N3O4Si. The fraction of sp³-hybridized carbons (Fsp3) is 0.475. The van der Waals surface area contributed by atoms with Crippen LogP contribution < -0.4 is 20.9 Å². The van der Waals surface area contributed by atoms with Crippen LogP contribution in [0.5, 0.6) is 5.75 Å². The van der Waals surface area contributed by atoms with Gasteiger partial charge in [-0.25, -0.2) is 0 Å². The predicted octanol–water partition coefficient (Wildman–Crippen LogP) is 7.92. The molecule has 5 rings (SSSR count). The van der Waals surface area contributed by atoms with E-state index < -0.39 is 8.32 Å². The van der Waals surface area contributed by atoms with Gasteiger partial charge in [-0.2, -0.15) is 0 Å². The van der Waals surface area contributed by atoms with Gasteiger partial charge in [-0.1, -0.05) is 87.5 Å². The topological polar surface area (TPSA) is 84.6 Å². The van der Waals surface area contributed by atoms with Gasteiger partial charge in [0.15, 0.2) is 8.32 Å². The van der Waals surface area contributed by atoms with Crippen molar-refractivity contribution in [3.63, 3.8) is 0 Å². The number of rotatable bonds is 16. The van der Waals surface area contributed by atoms with E-state index in [1.54, 1.807) is 6.07 Å². The number of hydrogen-bond acceptors (Lipinski definition) is 6. The number of aromatic nitrogens is 1. The van der Waals surface area contributed by atoms with Crippen LogP contribution >= 0.6 is 0 Å². The van der Waals surface area contributed by atoms with Gasteiger partial charge in [-0.3, -0.25) is 4.79 Å². The Kier molecular flexibility index (Phi) is 12.7. The molecule has 3 N–H and O–H groups in total. The Bertz CT molecular complexity index is 1610. The predicted molar refractivity (Wildman–Crippen MR) is 199 cm³/mol. The molecule has 0 spiro atoms. The molecular weight excluding hydrogens is 615 g/mol. The van der Waals surface area contributed by atoms with Crippen LogP contribution in [0.4, 0.5) is 0 Å². The zero-order valence-electron chi connectivity index (χ0n) is 29.5. The number of benzene rings is 3. The van der Waals surface area contributed by atoms with E-state index in [1.807, 2.05) is 48.5 Å². The van der Waals surface area contributed by atoms with Gasteiger partial charge < -0.3 is 29.5 Å². The summed E-state index contributed by atoms with van der Waals surface area (Å²) in [6.45, 7) is 15.0. The lowest BCUT2D eigenvalue weighted by atomic mass is 9.91. The first-order valence-corrected chi connectivity index (χ1v) is 20.6. The summed E-state index contributed by atoms with van der Waals surface area (Å²) in [6, 6.07) is 29.2. The zero-order valence-corrected chi connectivity index (χ0v) is 30.5. The van der Waals surface area contributed by atoms with Crippen LogP contribution in [-0.2, 0) is 22.2 Å². The minimum absolute atomic E-state index is 0.0586. The quantitative estimate of drug-likeness (QED) is 0.0831. The van der Waals surface area contributed by atoms with Crippen LogP contribution in [0.25, 0.3) is 10.9 Å². The summed E-state index contributed by atoms with van der Waals surface area (Å²) in [6.07, 6.45) is 5.34. The lowest BCUT2D eigenvalue weighted by Gasteiger charge is -2.40. The third-order valence-electron chi connectivity index (χ3n) is 10.1. The van der Waals surface area contributed by atoms with Gasteiger partial charge in [0, 0.05) is 36.6 Å². The van der Waals surface area contributed by atoms with Gasteiger partial charge in [0.2, 0.25) is 5.56 Å². The summed E-state index contributed by atoms with van der Waals surface area (Å²) >= 11 is 0. The van der Waals surface area contributed by atoms with Gasteiger partial charge in [-0.05, 0) is 79.1 Å². The molecule has 0 bridgehead atoms. The monoisotopic (exact) mass is 669 g/mol. The molecule has 0 saturated heterocycles. The van der Waals surface area contributed by atoms with E-state index in [4.69, 9.17) is 13.9 Å². The number of ether oxygens (including phenoxy) is 2. The summed E-state index contributed by atoms with van der Waals surface area (Å²) in [5, 5.41) is 8.63. The van der Waals surface area contributed by atoms with Crippen molar-refractivity contribution in [1.82, 2.24) is 15.6 Å². The van der Waals surface area contributed by atoms with Crippen molar-refractivity contribution in [2.24, 2.45) is 0 Å². The van der Waals surface area contributed by atoms with E-state index in [1.165, 1.54) is 5.56 Å². The molecule has 0 aliphatic heterocycles. The summed E-state index contributed by atoms with van der Waals surface area (Å²) in [5.41, 5.74) is 4.05. The first kappa shape index (κ1) is 36.0. The highest BCUT2D eigenvalue weighted by atomic mass is 28.4. The highest BCUT2D eigenvalue weighted by Gasteiger charge is 2.40. The first-order chi connectivity index (χ1) is 23.1. The average Bonchev–Trinajstić information content (AvgIpc) is 3.08. The SMILES string of the molecule is CC(C)(C)[Si](C)(C)O[C@@H](CN[C@H]1CC[C@H](NCCOCCc2ccccc2)CC1)c1ccc(OCc2ccccc2)c2[nH]c(=O)ccc12. The molecule has 1 saturated carbocycles. The van der Waals surface area contributed by atoms with Gasteiger partial charge in [0.05, 0.1) is 24.8 Å². The molecule has 1 fully saturated rings. The number of pyridine rings is 1. The van der Waals surface area contributed by atoms with E-state index in [9.17, 15) is 4.79 Å². The van der Waals surface area contributed by atoms with E-state index in [-0.39, 0.29) is 16.7 Å². The molecule has 4 aromatic rings. The molecule has 0 unspecified atom stereocenters. The lowest BCUT2D eigenvalue weighted by Crippen LogP contribution is -2.46. The Morgan fingerprint density at radius 1 is 0.812 bits per heavy atom. The molecule has 0 amide bonds. The van der Waals surface area contributed by atoms with Crippen LogP contribution in [0, 0.1) is 0 Å². The van der Waals surface area contributed by atoms with Gasteiger partial charge >= 0.3 is 0 Å². The second-order valence-electron chi connectivity index (χ2n) is 14.7. The van der Waals surface area contributed by atoms with E-state index in [0.29, 0.717) is 31.0 Å². The summed E-state index contributed by atoms with van der Waals surface area (Å²) in [7, 11) is -2.13. The Morgan fingerprint density at radius 3 is 2.12 bits per heavy atom. The average molecular weight is 670 g/mol. The van der Waals surface area contributed by atoms with Gasteiger partial charge in [-0.15, -0.1) is 0 Å². The largest absolute Gasteiger partial charge is 0.487 e. The molecule has 258 valence electrons. The number of hydrogen-bond donors (Lipinski definition) is 3. The van der Waals surface area contributed by atoms with Crippen molar-refractivity contribution >= 4 is 19.2 Å². The van der Waals surface area contributed by atoms with Crippen LogP contribution in [0.15, 0.2) is 89.7 Å². The second kappa shape index (κ2) is 16.9. The Hall–Kier alpha value is -3.27. The molecule has 1 aliphatic carbocycles. The number of aromatic amines is 1. The third-order valence-corrected chi connectivity index (χ3v) is 14.6. The number of fused-ring (bicyclic) bond motifs is 1. The van der Waals surface area contributed by atoms with Crippen molar-refractivity contribution in [2.45, 2.75) is 95.8 Å². The van der Waals surface area contributed by atoms with Crippen LogP contribution in [0.2, 0.25) is 18.1 Å². The summed E-state index contributed by atoms with van der Waals surface area (Å²) in [4.78, 5) is 15.6. The van der Waals surface area contributed by atoms with E-state index >= 15 is 0 Å². The van der Waals surface area contributed by atoms with Crippen molar-refractivity contribution in [3.8, 4) is 5.75 Å². The molecule has 1 aliphatic rings. The maximum Gasteiger partial charge on any atom is 0.248 e. The van der Waals surface area contributed by atoms with E-state index in [2.05, 4.69) is 79.8 Å². The highest BCUT2D eigenvalue weighted by molar-refractivity contribution is 6.74. The van der Waals surface area contributed by atoms with Crippen molar-refractivity contribution in [1.29, 1.82) is 0 Å². The molecule has 1 heterocycles. The van der Waals surface area contributed by atoms with Crippen molar-refractivity contribution in [2.75, 3.05) is 26.3 Å². The van der Waals surface area contributed by atoms with Gasteiger partial charge in [0.25, 0.3) is 0 Å². The molecule has 1 aromatic heterocycles. The second-order valence-corrected chi connectivity index (χ2v) is 19.4. The van der Waals surface area contributed by atoms with Crippen molar-refractivity contribution < 1.29 is 13.9 Å². The molecule has 3 aromatic carbocycles. The van der Waals surface area contributed by atoms with Crippen LogP contribution in [0.1, 0.15) is 69.2 Å². The fourth-order valence-electron chi connectivity index (χ4n) is 6.18. The van der Waals surface area contributed by atoms with Crippen molar-refractivity contribution in [3.05, 3.63) is 112 Å². The molecule has 7 nitrogen and oxygen atoms in total. The maximum absolute atomic E-state index is 12.5. The molecule has 1 atom stereocenters. The third kappa shape index (κ3) is 10.1. The fourth-order valence-corrected chi connectivity index (χ4v) is 7.45. The zero-order chi connectivity index (χ0) is 34.0. The van der Waals surface area contributed by atoms with Crippen LogP contribution in [-0.4, -0.2) is 51.7 Å². The molecule has 0 radical (unpaired) electrons. The standard InChI is InChI=1S/C40H55N3O4Si/c1-40(2,3)48(4,5)47-37(28-42-33-18-16-32(17-19-33)41-25-27-45-26-24-30-12-8-6-9-13-30)34-20-22-36(39-35(34)21-23-38(44)43-39)46-29-31-14-10-7-11-15-31/h6-15,20-23,32-33,37,41-42H,16-19,24-29H2,1-5H3,(H,43,44)/t32-,33-,37-/m0/s1. The Labute approximate surface area is 287 Å². The van der Waals surface area contributed by atoms with Crippen LogP contribution in [0.3, 0.4) is 0 Å². The summed E-state index contributed by atoms with van der Waals surface area (Å²) in [5.74, 6) is 0.668. The maximum atomic E-state index is 12.5. The summed E-state index contributed by atoms with van der Waals surface area (Å²) < 4.78 is 19.3. The Morgan fingerprint density at radius 2 is 1.46 bits per heavy atom. The Balaban J connectivity index is 1.20. The first-order valence-electron chi connectivity index (χ1n) is 17.7. The lowest BCUT2D eigenvalue weighted by molar-refractivity contribution is 0.133. The van der Waals surface area contributed by atoms with Gasteiger partial charge in [0.1, 0.15) is 12.4 Å². The molecule has 48 heavy (non-hydrogen) atoms. The smallest absolute Gasteiger partial charge is 0.248 e. The minimum atomic E-state index is -2.13. The number of H-pyrrole nitrogens is 1. The van der Waals surface area contributed by atoms with E-state index in [0.717, 1.165) is 73.9 Å².